The Balaban J connectivity index is 1.31. The van der Waals surface area contributed by atoms with Gasteiger partial charge < -0.3 is 10.1 Å². The van der Waals surface area contributed by atoms with Crippen LogP contribution in [0.25, 0.3) is 0 Å². The minimum atomic E-state index is -1.01. The van der Waals surface area contributed by atoms with Crippen LogP contribution in [0.2, 0.25) is 0 Å². The van der Waals surface area contributed by atoms with Gasteiger partial charge in [-0.05, 0) is 50.5 Å². The van der Waals surface area contributed by atoms with Gasteiger partial charge in [0.1, 0.15) is 6.04 Å². The molecule has 1 aromatic carbocycles. The van der Waals surface area contributed by atoms with E-state index in [0.29, 0.717) is 0 Å². The van der Waals surface area contributed by atoms with E-state index in [-0.39, 0.29) is 41.5 Å². The van der Waals surface area contributed by atoms with E-state index in [9.17, 15) is 19.2 Å². The molecule has 3 aliphatic rings. The van der Waals surface area contributed by atoms with Crippen molar-refractivity contribution in [2.45, 2.75) is 45.2 Å². The van der Waals surface area contributed by atoms with Gasteiger partial charge in [0.25, 0.3) is 5.91 Å². The van der Waals surface area contributed by atoms with Gasteiger partial charge in [-0.2, -0.15) is 0 Å². The molecule has 0 unspecified atom stereocenters. The molecule has 7 heteroatoms. The summed E-state index contributed by atoms with van der Waals surface area (Å²) in [4.78, 5) is 51.2. The summed E-state index contributed by atoms with van der Waals surface area (Å²) in [5, 5.41) is 2.77. The molecular formula is C22H26N2O5. The molecule has 4 rings (SSSR count). The number of nitrogens with one attached hydrogen (secondary N) is 1. The SMILES string of the molecule is C[C@H](C(=O)OCC(=O)N[C@H](C)c1ccccc1)N1C(=O)[C@@H]2[C@H]3CC[C@@H](C3)[C@@H]2C1=O. The highest BCUT2D eigenvalue weighted by Gasteiger charge is 2.62. The molecule has 29 heavy (non-hydrogen) atoms. The minimum absolute atomic E-state index is 0.226. The smallest absolute Gasteiger partial charge is 0.329 e. The topological polar surface area (TPSA) is 92.8 Å². The number of hydrogen-bond donors (Lipinski definition) is 1. The number of amides is 3. The average molecular weight is 398 g/mol. The van der Waals surface area contributed by atoms with Crippen molar-refractivity contribution in [3.05, 3.63) is 35.9 Å². The number of hydrogen-bond acceptors (Lipinski definition) is 5. The van der Waals surface area contributed by atoms with Gasteiger partial charge in [-0.25, -0.2) is 4.79 Å². The number of nitrogens with zero attached hydrogens (tertiary/aromatic N) is 1. The van der Waals surface area contributed by atoms with Crippen molar-refractivity contribution >= 4 is 23.7 Å². The fourth-order valence-electron chi connectivity index (χ4n) is 5.28. The summed E-state index contributed by atoms with van der Waals surface area (Å²) in [7, 11) is 0. The van der Waals surface area contributed by atoms with E-state index in [1.54, 1.807) is 0 Å². The highest BCUT2D eigenvalue weighted by atomic mass is 16.5. The second-order valence-corrected chi connectivity index (χ2v) is 8.41. The normalized spacial score (nSPS) is 29.5. The lowest BCUT2D eigenvalue weighted by molar-refractivity contribution is -0.160. The van der Waals surface area contributed by atoms with Crippen molar-refractivity contribution in [2.75, 3.05) is 6.61 Å². The van der Waals surface area contributed by atoms with Gasteiger partial charge in [-0.3, -0.25) is 19.3 Å². The Morgan fingerprint density at radius 3 is 2.24 bits per heavy atom. The van der Waals surface area contributed by atoms with Crippen LogP contribution in [0.5, 0.6) is 0 Å². The molecule has 0 aromatic heterocycles. The van der Waals surface area contributed by atoms with Gasteiger partial charge in [0.2, 0.25) is 11.8 Å². The molecule has 1 heterocycles. The van der Waals surface area contributed by atoms with Crippen molar-refractivity contribution in [3.63, 3.8) is 0 Å². The van der Waals surface area contributed by atoms with E-state index in [0.717, 1.165) is 29.7 Å². The van der Waals surface area contributed by atoms with Gasteiger partial charge in [0.15, 0.2) is 6.61 Å². The first-order chi connectivity index (χ1) is 13.9. The third-order valence-corrected chi connectivity index (χ3v) is 6.71. The van der Waals surface area contributed by atoms with E-state index >= 15 is 0 Å². The lowest BCUT2D eigenvalue weighted by Gasteiger charge is -2.23. The van der Waals surface area contributed by atoms with E-state index in [1.807, 2.05) is 37.3 Å². The van der Waals surface area contributed by atoms with Gasteiger partial charge in [-0.15, -0.1) is 0 Å². The largest absolute Gasteiger partial charge is 0.454 e. The van der Waals surface area contributed by atoms with Gasteiger partial charge in [0.05, 0.1) is 17.9 Å². The maximum atomic E-state index is 12.8. The van der Waals surface area contributed by atoms with Crippen molar-refractivity contribution in [1.29, 1.82) is 0 Å². The number of carbonyl (C=O) groups is 4. The molecule has 154 valence electrons. The van der Waals surface area contributed by atoms with Crippen LogP contribution in [0.15, 0.2) is 30.3 Å². The highest BCUT2D eigenvalue weighted by molar-refractivity contribution is 6.08. The molecule has 1 N–H and O–H groups in total. The first-order valence-electron chi connectivity index (χ1n) is 10.3. The molecule has 2 saturated carbocycles. The molecule has 2 bridgehead atoms. The van der Waals surface area contributed by atoms with Crippen LogP contribution in [0, 0.1) is 23.7 Å². The van der Waals surface area contributed by atoms with Crippen LogP contribution in [0.1, 0.15) is 44.7 Å². The maximum absolute atomic E-state index is 12.8. The number of esters is 1. The molecule has 6 atom stereocenters. The maximum Gasteiger partial charge on any atom is 0.329 e. The molecule has 7 nitrogen and oxygen atoms in total. The van der Waals surface area contributed by atoms with Gasteiger partial charge >= 0.3 is 5.97 Å². The lowest BCUT2D eigenvalue weighted by atomic mass is 9.81. The third-order valence-electron chi connectivity index (χ3n) is 6.71. The summed E-state index contributed by atoms with van der Waals surface area (Å²) in [5.41, 5.74) is 0.940. The number of rotatable bonds is 6. The van der Waals surface area contributed by atoms with Gasteiger partial charge in [0, 0.05) is 0 Å². The lowest BCUT2D eigenvalue weighted by Crippen LogP contribution is -2.46. The number of carbonyl (C=O) groups excluding carboxylic acids is 4. The minimum Gasteiger partial charge on any atom is -0.454 e. The van der Waals surface area contributed by atoms with Crippen molar-refractivity contribution in [3.8, 4) is 0 Å². The molecular weight excluding hydrogens is 372 g/mol. The van der Waals surface area contributed by atoms with Crippen LogP contribution in [0.4, 0.5) is 0 Å². The zero-order chi connectivity index (χ0) is 20.7. The van der Waals surface area contributed by atoms with Crippen LogP contribution < -0.4 is 5.32 Å². The van der Waals surface area contributed by atoms with E-state index in [2.05, 4.69) is 5.32 Å². The Bertz CT molecular complexity index is 811. The van der Waals surface area contributed by atoms with E-state index in [4.69, 9.17) is 4.74 Å². The van der Waals surface area contributed by atoms with E-state index in [1.165, 1.54) is 6.92 Å². The van der Waals surface area contributed by atoms with Crippen LogP contribution >= 0.6 is 0 Å². The second-order valence-electron chi connectivity index (χ2n) is 8.41. The zero-order valence-corrected chi connectivity index (χ0v) is 16.7. The van der Waals surface area contributed by atoms with Crippen molar-refractivity contribution < 1.29 is 23.9 Å². The quantitative estimate of drug-likeness (QED) is 0.583. The highest BCUT2D eigenvalue weighted by Crippen LogP contribution is 2.56. The summed E-state index contributed by atoms with van der Waals surface area (Å²) in [6.07, 6.45) is 2.91. The standard InChI is InChI=1S/C22H26N2O5/c1-12(14-6-4-3-5-7-14)23-17(25)11-29-22(28)13(2)24-20(26)18-15-8-9-16(10-15)19(18)21(24)27/h3-7,12-13,15-16,18-19H,8-11H2,1-2H3,(H,23,25)/t12-,13-,15+,16+,18-,19+/m1/s1. The number of ether oxygens (including phenoxy) is 1. The predicted molar refractivity (Wildman–Crippen MR) is 103 cm³/mol. The molecule has 0 spiro atoms. The van der Waals surface area contributed by atoms with Crippen LogP contribution in [-0.2, 0) is 23.9 Å². The monoisotopic (exact) mass is 398 g/mol. The number of imide groups is 1. The number of benzene rings is 1. The third kappa shape index (κ3) is 3.43. The molecule has 0 radical (unpaired) electrons. The van der Waals surface area contributed by atoms with Crippen LogP contribution in [0.3, 0.4) is 0 Å². The average Bonchev–Trinajstić information content (AvgIpc) is 3.40. The summed E-state index contributed by atoms with van der Waals surface area (Å²) < 4.78 is 5.11. The van der Waals surface area contributed by atoms with Crippen LogP contribution in [-0.4, -0.2) is 41.2 Å². The Hall–Kier alpha value is -2.70. The molecule has 3 fully saturated rings. The summed E-state index contributed by atoms with van der Waals surface area (Å²) in [5.74, 6) is -1.69. The first-order valence-corrected chi connectivity index (χ1v) is 10.3. The van der Waals surface area contributed by atoms with Gasteiger partial charge in [-0.1, -0.05) is 30.3 Å². The Labute approximate surface area is 169 Å². The molecule has 3 amide bonds. The molecule has 1 saturated heterocycles. The van der Waals surface area contributed by atoms with Crippen molar-refractivity contribution in [1.82, 2.24) is 10.2 Å². The molecule has 1 aliphatic heterocycles. The van der Waals surface area contributed by atoms with Crippen molar-refractivity contribution in [2.24, 2.45) is 23.7 Å². The van der Waals surface area contributed by atoms with E-state index < -0.39 is 24.5 Å². The fourth-order valence-corrected chi connectivity index (χ4v) is 5.28. The summed E-state index contributed by atoms with van der Waals surface area (Å²) >= 11 is 0. The summed E-state index contributed by atoms with van der Waals surface area (Å²) in [6, 6.07) is 8.20. The molecule has 1 aromatic rings. The second kappa shape index (κ2) is 7.61. The Kier molecular flexibility index (Phi) is 5.15. The first kappa shape index (κ1) is 19.6. The fraction of sp³-hybridized carbons (Fsp3) is 0.545. The Morgan fingerprint density at radius 1 is 1.07 bits per heavy atom. The predicted octanol–water partition coefficient (Wildman–Crippen LogP) is 1.83. The zero-order valence-electron chi connectivity index (χ0n) is 16.7. The summed E-state index contributed by atoms with van der Waals surface area (Å²) in [6.45, 7) is 2.88. The number of fused-ring (bicyclic) bond motifs is 5. The number of likely N-dealkylation sites (tertiary alicyclic amines) is 1. The Morgan fingerprint density at radius 2 is 1.66 bits per heavy atom. The molecule has 2 aliphatic carbocycles.